The van der Waals surface area contributed by atoms with Crippen LogP contribution >= 0.6 is 22.9 Å². The molecule has 118 valence electrons. The van der Waals surface area contributed by atoms with Crippen molar-refractivity contribution in [2.45, 2.75) is 27.3 Å². The summed E-state index contributed by atoms with van der Waals surface area (Å²) in [6.45, 7) is 6.29. The summed E-state index contributed by atoms with van der Waals surface area (Å²) < 4.78 is 0.657. The van der Waals surface area contributed by atoms with Gasteiger partial charge in [-0.25, -0.2) is 4.98 Å². The van der Waals surface area contributed by atoms with Crippen LogP contribution in [0.15, 0.2) is 18.2 Å². The highest BCUT2D eigenvalue weighted by Crippen LogP contribution is 2.28. The minimum absolute atomic E-state index is 0.0358. The van der Waals surface area contributed by atoms with E-state index in [2.05, 4.69) is 52.3 Å². The number of carbonyl (C=O) groups is 1. The Balaban J connectivity index is 1.87. The minimum atomic E-state index is -0.149. The van der Waals surface area contributed by atoms with Crippen LogP contribution in [-0.4, -0.2) is 20.7 Å². The van der Waals surface area contributed by atoms with Gasteiger partial charge in [-0.1, -0.05) is 29.5 Å². The molecule has 0 aliphatic heterocycles. The highest BCUT2D eigenvalue weighted by Gasteiger charge is 2.15. The van der Waals surface area contributed by atoms with E-state index in [4.69, 9.17) is 11.6 Å². The Morgan fingerprint density at radius 3 is 2.70 bits per heavy atom. The van der Waals surface area contributed by atoms with E-state index in [-0.39, 0.29) is 11.1 Å². The van der Waals surface area contributed by atoms with Crippen molar-refractivity contribution in [2.24, 2.45) is 0 Å². The van der Waals surface area contributed by atoms with E-state index >= 15 is 0 Å². The number of anilines is 1. The maximum atomic E-state index is 11.7. The number of nitrogens with one attached hydrogen (secondary N) is 1. The molecule has 0 bridgehead atoms. The van der Waals surface area contributed by atoms with Gasteiger partial charge in [0.1, 0.15) is 10.4 Å². The normalized spacial score (nSPS) is 11.0. The lowest BCUT2D eigenvalue weighted by molar-refractivity contribution is 0.101. The highest BCUT2D eigenvalue weighted by molar-refractivity contribution is 7.22. The van der Waals surface area contributed by atoms with E-state index in [0.717, 1.165) is 0 Å². The molecule has 3 aromatic rings. The number of thiazole rings is 1. The molecule has 0 saturated heterocycles. The molecule has 0 aliphatic rings. The summed E-state index contributed by atoms with van der Waals surface area (Å²) in [7, 11) is 0. The number of halogens is 1. The molecule has 0 fully saturated rings. The first-order valence-electron chi connectivity index (χ1n) is 7.09. The smallest absolute Gasteiger partial charge is 0.225 e. The van der Waals surface area contributed by atoms with Gasteiger partial charge >= 0.3 is 0 Å². The van der Waals surface area contributed by atoms with Crippen molar-refractivity contribution in [3.63, 3.8) is 0 Å². The zero-order valence-corrected chi connectivity index (χ0v) is 14.5. The summed E-state index contributed by atoms with van der Waals surface area (Å²) in [5.41, 5.74) is 4.46. The number of nitrogens with zero attached hydrogens (tertiary/aromatic N) is 3. The van der Waals surface area contributed by atoms with Crippen LogP contribution in [0.2, 0.25) is 5.28 Å². The fraction of sp³-hybridized carbons (Fsp3) is 0.250. The van der Waals surface area contributed by atoms with E-state index < -0.39 is 0 Å². The van der Waals surface area contributed by atoms with E-state index in [1.165, 1.54) is 35.0 Å². The SMILES string of the molecule is CC(=O)c1nc(Cl)nc2nc(NCc3ccc(C)c(C)c3)sc12. The fourth-order valence-corrected chi connectivity index (χ4v) is 3.31. The van der Waals surface area contributed by atoms with Gasteiger partial charge in [-0.15, -0.1) is 0 Å². The zero-order valence-electron chi connectivity index (χ0n) is 13.0. The van der Waals surface area contributed by atoms with Crippen molar-refractivity contribution in [3.05, 3.63) is 45.9 Å². The standard InChI is InChI=1S/C16H15ClN4OS/c1-8-4-5-11(6-9(8)2)7-18-16-21-14-13(23-16)12(10(3)22)19-15(17)20-14/h4-6H,7H2,1-3H3,(H,18,19,20,21). The molecule has 0 spiro atoms. The predicted molar refractivity (Wildman–Crippen MR) is 93.5 cm³/mol. The number of ketones is 1. The largest absolute Gasteiger partial charge is 0.357 e. The lowest BCUT2D eigenvalue weighted by Crippen LogP contribution is -1.99. The molecular formula is C16H15ClN4OS. The molecule has 0 amide bonds. The molecule has 0 unspecified atom stereocenters. The average Bonchev–Trinajstić information content (AvgIpc) is 2.90. The molecule has 0 radical (unpaired) electrons. The van der Waals surface area contributed by atoms with Gasteiger partial charge in [-0.05, 0) is 42.1 Å². The summed E-state index contributed by atoms with van der Waals surface area (Å²) >= 11 is 7.21. The molecule has 3 rings (SSSR count). The molecule has 23 heavy (non-hydrogen) atoms. The Bertz CT molecular complexity index is 906. The van der Waals surface area contributed by atoms with Gasteiger partial charge in [-0.3, -0.25) is 4.79 Å². The van der Waals surface area contributed by atoms with Crippen molar-refractivity contribution < 1.29 is 4.79 Å². The van der Waals surface area contributed by atoms with Gasteiger partial charge in [0.25, 0.3) is 0 Å². The Morgan fingerprint density at radius 2 is 2.00 bits per heavy atom. The van der Waals surface area contributed by atoms with Crippen LogP contribution in [0.4, 0.5) is 5.13 Å². The van der Waals surface area contributed by atoms with Gasteiger partial charge in [0.05, 0.1) is 0 Å². The van der Waals surface area contributed by atoms with E-state index in [1.807, 2.05) is 0 Å². The van der Waals surface area contributed by atoms with Crippen molar-refractivity contribution in [2.75, 3.05) is 5.32 Å². The lowest BCUT2D eigenvalue weighted by Gasteiger charge is -2.05. The molecule has 0 atom stereocenters. The fourth-order valence-electron chi connectivity index (χ4n) is 2.20. The first kappa shape index (κ1) is 15.8. The van der Waals surface area contributed by atoms with E-state index in [0.29, 0.717) is 27.7 Å². The maximum Gasteiger partial charge on any atom is 0.225 e. The molecule has 1 aromatic carbocycles. The number of benzene rings is 1. The number of aryl methyl sites for hydroxylation is 2. The Labute approximate surface area is 142 Å². The molecule has 7 heteroatoms. The van der Waals surface area contributed by atoms with Crippen LogP contribution in [0, 0.1) is 13.8 Å². The van der Waals surface area contributed by atoms with Crippen molar-refractivity contribution >= 4 is 44.2 Å². The van der Waals surface area contributed by atoms with Gasteiger partial charge in [0, 0.05) is 13.5 Å². The molecule has 2 heterocycles. The maximum absolute atomic E-state index is 11.7. The van der Waals surface area contributed by atoms with Gasteiger partial charge in [0.15, 0.2) is 16.6 Å². The topological polar surface area (TPSA) is 67.8 Å². The molecule has 5 nitrogen and oxygen atoms in total. The number of rotatable bonds is 4. The molecule has 2 aromatic heterocycles. The predicted octanol–water partition coefficient (Wildman–Crippen LogP) is 4.17. The number of hydrogen-bond donors (Lipinski definition) is 1. The van der Waals surface area contributed by atoms with Gasteiger partial charge in [-0.2, -0.15) is 9.97 Å². The third kappa shape index (κ3) is 3.33. The third-order valence-electron chi connectivity index (χ3n) is 3.58. The summed E-state index contributed by atoms with van der Waals surface area (Å²) in [5, 5.41) is 4.00. The number of aromatic nitrogens is 3. The molecular weight excluding hydrogens is 332 g/mol. The van der Waals surface area contributed by atoms with Crippen LogP contribution in [-0.2, 0) is 6.54 Å². The monoisotopic (exact) mass is 346 g/mol. The van der Waals surface area contributed by atoms with Crippen LogP contribution in [0.25, 0.3) is 10.3 Å². The summed E-state index contributed by atoms with van der Waals surface area (Å²) in [6, 6.07) is 6.33. The van der Waals surface area contributed by atoms with Crippen molar-refractivity contribution in [1.29, 1.82) is 0 Å². The van der Waals surface area contributed by atoms with Gasteiger partial charge < -0.3 is 5.32 Å². The van der Waals surface area contributed by atoms with Crippen LogP contribution in [0.1, 0.15) is 34.1 Å². The number of fused-ring (bicyclic) bond motifs is 1. The number of hydrogen-bond acceptors (Lipinski definition) is 6. The minimum Gasteiger partial charge on any atom is -0.357 e. The third-order valence-corrected chi connectivity index (χ3v) is 4.75. The first-order chi connectivity index (χ1) is 10.9. The second kappa shape index (κ2) is 6.22. The highest BCUT2D eigenvalue weighted by atomic mass is 35.5. The van der Waals surface area contributed by atoms with Crippen molar-refractivity contribution in [3.8, 4) is 0 Å². The van der Waals surface area contributed by atoms with Gasteiger partial charge in [0.2, 0.25) is 5.28 Å². The van der Waals surface area contributed by atoms with Crippen LogP contribution in [0.5, 0.6) is 0 Å². The second-order valence-corrected chi connectivity index (χ2v) is 6.68. The average molecular weight is 347 g/mol. The number of carbonyl (C=O) groups excluding carboxylic acids is 1. The van der Waals surface area contributed by atoms with E-state index in [1.54, 1.807) is 0 Å². The van der Waals surface area contributed by atoms with Crippen molar-refractivity contribution in [1.82, 2.24) is 15.0 Å². The van der Waals surface area contributed by atoms with E-state index in [9.17, 15) is 4.79 Å². The Hall–Kier alpha value is -2.05. The quantitative estimate of drug-likeness (QED) is 0.567. The molecule has 1 N–H and O–H groups in total. The summed E-state index contributed by atoms with van der Waals surface area (Å²) in [5.74, 6) is -0.149. The van der Waals surface area contributed by atoms with Crippen LogP contribution < -0.4 is 5.32 Å². The zero-order chi connectivity index (χ0) is 16.6. The Kier molecular flexibility index (Phi) is 4.28. The second-order valence-electron chi connectivity index (χ2n) is 5.34. The Morgan fingerprint density at radius 1 is 1.22 bits per heavy atom. The molecule has 0 saturated carbocycles. The first-order valence-corrected chi connectivity index (χ1v) is 8.28. The summed E-state index contributed by atoms with van der Waals surface area (Å²) in [6.07, 6.45) is 0. The number of Topliss-reactive ketones (excluding diaryl/α,β-unsaturated/α-hetero) is 1. The lowest BCUT2D eigenvalue weighted by atomic mass is 10.1. The van der Waals surface area contributed by atoms with Crippen LogP contribution in [0.3, 0.4) is 0 Å². The summed E-state index contributed by atoms with van der Waals surface area (Å²) in [4.78, 5) is 24.2. The molecule has 0 aliphatic carbocycles.